The van der Waals surface area contributed by atoms with Crippen LogP contribution in [0.3, 0.4) is 0 Å². The number of ketones is 1. The van der Waals surface area contributed by atoms with Crippen LogP contribution in [-0.2, 0) is 14.3 Å². The van der Waals surface area contributed by atoms with Gasteiger partial charge in [0.25, 0.3) is 0 Å². The van der Waals surface area contributed by atoms with Crippen molar-refractivity contribution in [3.05, 3.63) is 32.9 Å². The van der Waals surface area contributed by atoms with Crippen molar-refractivity contribution in [2.45, 2.75) is 111 Å². The van der Waals surface area contributed by atoms with Crippen LogP contribution in [0.2, 0.25) is 0 Å². The lowest BCUT2D eigenvalue weighted by Crippen LogP contribution is -2.72. The predicted molar refractivity (Wildman–Crippen MR) is 134 cm³/mol. The smallest absolute Gasteiger partial charge is 0.191 e. The molecule has 1 aromatic heterocycles. The molecule has 2 saturated heterocycles. The summed E-state index contributed by atoms with van der Waals surface area (Å²) in [5, 5.41) is 34.1. The molecule has 1 aromatic rings. The molecule has 2 aliphatic rings. The zero-order valence-electron chi connectivity index (χ0n) is 23.3. The van der Waals surface area contributed by atoms with E-state index in [0.29, 0.717) is 23.3 Å². The molecule has 8 nitrogen and oxygen atoms in total. The molecule has 0 saturated carbocycles. The molecule has 0 amide bonds. The van der Waals surface area contributed by atoms with Crippen molar-refractivity contribution in [1.29, 1.82) is 0 Å². The van der Waals surface area contributed by atoms with Crippen LogP contribution in [0, 0.1) is 50.4 Å². The zero-order valence-corrected chi connectivity index (χ0v) is 23.3. The highest BCUT2D eigenvalue weighted by Gasteiger charge is 2.66. The van der Waals surface area contributed by atoms with Crippen LogP contribution in [0.1, 0.15) is 83.5 Å². The number of rotatable bonds is 5. The summed E-state index contributed by atoms with van der Waals surface area (Å²) in [4.78, 5) is 26.3. The summed E-state index contributed by atoms with van der Waals surface area (Å²) in [6.07, 6.45) is -1.95. The van der Waals surface area contributed by atoms with Crippen molar-refractivity contribution in [3.63, 3.8) is 0 Å². The van der Waals surface area contributed by atoms with Crippen LogP contribution in [0.15, 0.2) is 9.21 Å². The number of Topliss-reactive ketones (excluding diaryl/α,β-unsaturated/α-hetero) is 1. The maximum absolute atomic E-state index is 13.5. The summed E-state index contributed by atoms with van der Waals surface area (Å²) in [7, 11) is 0. The molecule has 11 atom stereocenters. The third-order valence-electron chi connectivity index (χ3n) is 9.33. The first-order chi connectivity index (χ1) is 16.6. The predicted octanol–water partition coefficient (Wildman–Crippen LogP) is 3.36. The van der Waals surface area contributed by atoms with Crippen LogP contribution >= 0.6 is 0 Å². The van der Waals surface area contributed by atoms with E-state index in [9.17, 15) is 24.9 Å². The van der Waals surface area contributed by atoms with E-state index in [1.807, 2.05) is 13.8 Å². The number of aliphatic hydroxyl groups is 3. The van der Waals surface area contributed by atoms with Gasteiger partial charge < -0.3 is 29.2 Å². The van der Waals surface area contributed by atoms with E-state index in [-0.39, 0.29) is 22.9 Å². The van der Waals surface area contributed by atoms with E-state index >= 15 is 0 Å². The van der Waals surface area contributed by atoms with Crippen molar-refractivity contribution >= 4 is 5.78 Å². The number of carbonyl (C=O) groups excluding carboxylic acids is 1. The third kappa shape index (κ3) is 4.19. The first kappa shape index (κ1) is 29.0. The van der Waals surface area contributed by atoms with Gasteiger partial charge in [-0.15, -0.1) is 0 Å². The molecule has 36 heavy (non-hydrogen) atoms. The fourth-order valence-corrected chi connectivity index (χ4v) is 6.25. The molecule has 204 valence electrons. The molecule has 0 bridgehead atoms. The molecule has 0 aromatic carbocycles. The lowest BCUT2D eigenvalue weighted by Gasteiger charge is -2.60. The molecule has 11 unspecified atom stereocenters. The lowest BCUT2D eigenvalue weighted by atomic mass is 9.67. The average molecular weight is 509 g/mol. The molecule has 2 aliphatic heterocycles. The second kappa shape index (κ2) is 9.95. The molecular formula is C28H44O8. The summed E-state index contributed by atoms with van der Waals surface area (Å²) in [5.74, 6) is -7.04. The third-order valence-corrected chi connectivity index (χ3v) is 9.33. The molecule has 0 aliphatic carbocycles. The second-order valence-corrected chi connectivity index (χ2v) is 11.3. The Bertz CT molecular complexity index is 1050. The van der Waals surface area contributed by atoms with E-state index in [1.54, 1.807) is 55.4 Å². The first-order valence-corrected chi connectivity index (χ1v) is 13.2. The number of carbonyl (C=O) groups is 1. The maximum Gasteiger partial charge on any atom is 0.191 e. The van der Waals surface area contributed by atoms with Crippen LogP contribution in [0.5, 0.6) is 0 Å². The number of aryl methyl sites for hydroxylation is 1. The van der Waals surface area contributed by atoms with Crippen molar-refractivity contribution in [2.24, 2.45) is 29.6 Å². The van der Waals surface area contributed by atoms with Gasteiger partial charge in [-0.1, -0.05) is 48.5 Å². The summed E-state index contributed by atoms with van der Waals surface area (Å²) in [6.45, 7) is 17.3. The van der Waals surface area contributed by atoms with Crippen molar-refractivity contribution in [3.8, 4) is 0 Å². The van der Waals surface area contributed by atoms with Gasteiger partial charge in [0, 0.05) is 34.8 Å². The normalized spacial score (nSPS) is 39.8. The largest absolute Gasteiger partial charge is 0.465 e. The maximum atomic E-state index is 13.5. The highest BCUT2D eigenvalue weighted by Crippen LogP contribution is 2.54. The Morgan fingerprint density at radius 1 is 1.00 bits per heavy atom. The molecule has 8 heteroatoms. The van der Waals surface area contributed by atoms with E-state index < -0.39 is 59.5 Å². The van der Waals surface area contributed by atoms with Gasteiger partial charge in [0.1, 0.15) is 17.3 Å². The Labute approximate surface area is 214 Å². The number of ether oxygens (including phenoxy) is 2. The van der Waals surface area contributed by atoms with Gasteiger partial charge in [-0.05, 0) is 27.2 Å². The second-order valence-electron chi connectivity index (χ2n) is 11.3. The van der Waals surface area contributed by atoms with Crippen LogP contribution in [-0.4, -0.2) is 51.0 Å². The first-order valence-electron chi connectivity index (χ1n) is 13.2. The minimum atomic E-state index is -2.01. The van der Waals surface area contributed by atoms with E-state index in [4.69, 9.17) is 13.9 Å². The summed E-state index contributed by atoms with van der Waals surface area (Å²) in [5.41, 5.74) is 0.676. The molecule has 0 radical (unpaired) electrons. The van der Waals surface area contributed by atoms with Gasteiger partial charge in [0.05, 0.1) is 30.1 Å². The quantitative estimate of drug-likeness (QED) is 0.553. The van der Waals surface area contributed by atoms with Crippen LogP contribution < -0.4 is 5.43 Å². The average Bonchev–Trinajstić information content (AvgIpc) is 2.86. The number of hydrogen-bond acceptors (Lipinski definition) is 8. The molecule has 2 fully saturated rings. The molecule has 3 heterocycles. The van der Waals surface area contributed by atoms with Crippen molar-refractivity contribution in [2.75, 3.05) is 0 Å². The van der Waals surface area contributed by atoms with Crippen molar-refractivity contribution < 1.29 is 34.0 Å². The molecule has 3 rings (SSSR count). The van der Waals surface area contributed by atoms with E-state index in [1.165, 1.54) is 0 Å². The summed E-state index contributed by atoms with van der Waals surface area (Å²) in [6, 6.07) is 0. The summed E-state index contributed by atoms with van der Waals surface area (Å²) >= 11 is 0. The Kier molecular flexibility index (Phi) is 8.01. The van der Waals surface area contributed by atoms with Gasteiger partial charge >= 0.3 is 0 Å². The zero-order chi connectivity index (χ0) is 27.5. The standard InChI is InChI=1S/C28H44O8/c1-11-21(29)13(3)25-15(5)23(31)17(7)28(35-25)18(8)24(32)16(6)27(33,36-28)19(9)26-14(4)22(30)12(2)20(10)34-26/h13,15-19,21,24-25,29,32-33H,11H2,1-10H3. The van der Waals surface area contributed by atoms with Gasteiger partial charge in [-0.3, -0.25) is 9.59 Å². The molecule has 1 spiro atoms. The highest BCUT2D eigenvalue weighted by atomic mass is 16.8. The van der Waals surface area contributed by atoms with E-state index in [2.05, 4.69) is 0 Å². The number of hydrogen-bond donors (Lipinski definition) is 3. The topological polar surface area (TPSA) is 126 Å². The van der Waals surface area contributed by atoms with Crippen molar-refractivity contribution in [1.82, 2.24) is 0 Å². The van der Waals surface area contributed by atoms with Gasteiger partial charge in [0.2, 0.25) is 0 Å². The van der Waals surface area contributed by atoms with Crippen LogP contribution in [0.25, 0.3) is 0 Å². The Morgan fingerprint density at radius 2 is 1.58 bits per heavy atom. The highest BCUT2D eigenvalue weighted by molar-refractivity contribution is 5.85. The van der Waals surface area contributed by atoms with Gasteiger partial charge in [-0.25, -0.2) is 0 Å². The summed E-state index contributed by atoms with van der Waals surface area (Å²) < 4.78 is 19.1. The SMILES string of the molecule is CCC(O)C(C)C1OC2(OC(O)(C(C)c3oc(C)c(C)c(=O)c3C)C(C)C(O)C2C)C(C)C(=O)C1C. The fourth-order valence-electron chi connectivity index (χ4n) is 6.25. The Balaban J connectivity index is 2.15. The molecular weight excluding hydrogens is 464 g/mol. The van der Waals surface area contributed by atoms with E-state index in [0.717, 1.165) is 0 Å². The lowest BCUT2D eigenvalue weighted by molar-refractivity contribution is -0.450. The molecule has 3 N–H and O–H groups in total. The Morgan fingerprint density at radius 3 is 2.14 bits per heavy atom. The monoisotopic (exact) mass is 508 g/mol. The Hall–Kier alpha value is -1.58. The fraction of sp³-hybridized carbons (Fsp3) is 0.786. The van der Waals surface area contributed by atoms with Gasteiger partial charge in [0.15, 0.2) is 17.0 Å². The van der Waals surface area contributed by atoms with Gasteiger partial charge in [-0.2, -0.15) is 0 Å². The number of aliphatic hydroxyl groups excluding tert-OH is 2. The minimum Gasteiger partial charge on any atom is -0.465 e. The minimum absolute atomic E-state index is 0.112. The van der Waals surface area contributed by atoms with Crippen LogP contribution in [0.4, 0.5) is 0 Å².